The van der Waals surface area contributed by atoms with Gasteiger partial charge in [-0.15, -0.1) is 0 Å². The first-order chi connectivity index (χ1) is 11.5. The number of rotatable bonds is 3. The molecule has 24 heavy (non-hydrogen) atoms. The second-order valence-corrected chi connectivity index (χ2v) is 6.84. The van der Waals surface area contributed by atoms with Crippen LogP contribution in [0.15, 0.2) is 42.5 Å². The van der Waals surface area contributed by atoms with E-state index in [0.29, 0.717) is 29.5 Å². The van der Waals surface area contributed by atoms with Crippen molar-refractivity contribution in [2.24, 2.45) is 0 Å². The van der Waals surface area contributed by atoms with Crippen LogP contribution in [0.2, 0.25) is 5.02 Å². The predicted octanol–water partition coefficient (Wildman–Crippen LogP) is 3.49. The molecule has 0 saturated carbocycles. The van der Waals surface area contributed by atoms with Crippen LogP contribution in [0.3, 0.4) is 0 Å². The lowest BCUT2D eigenvalue weighted by molar-refractivity contribution is 0.0908. The summed E-state index contributed by atoms with van der Waals surface area (Å²) >= 11 is 5.95. The second kappa shape index (κ2) is 6.83. The summed E-state index contributed by atoms with van der Waals surface area (Å²) in [5.41, 5.74) is 2.04. The third-order valence-electron chi connectivity index (χ3n) is 4.17. The highest BCUT2D eigenvalue weighted by Gasteiger charge is 2.26. The van der Waals surface area contributed by atoms with Crippen LogP contribution < -0.4 is 15.4 Å². The minimum Gasteiger partial charge on any atom is -0.491 e. The van der Waals surface area contributed by atoms with E-state index < -0.39 is 5.54 Å². The standard InChI is InChI=1S/C19H21ClN2O2/c1-19(2,14-6-8-15(20)9-7-14)22-18(23)16-5-3-4-13-12-21-10-11-24-17(13)16/h3-9,21H,10-12H2,1-2H3,(H,22,23). The lowest BCUT2D eigenvalue weighted by Crippen LogP contribution is -2.41. The van der Waals surface area contributed by atoms with Crippen molar-refractivity contribution in [3.63, 3.8) is 0 Å². The van der Waals surface area contributed by atoms with E-state index in [0.717, 1.165) is 17.7 Å². The molecule has 0 aromatic heterocycles. The van der Waals surface area contributed by atoms with E-state index in [-0.39, 0.29) is 5.91 Å². The van der Waals surface area contributed by atoms with Crippen molar-refractivity contribution < 1.29 is 9.53 Å². The number of para-hydroxylation sites is 1. The van der Waals surface area contributed by atoms with Crippen molar-refractivity contribution in [1.29, 1.82) is 0 Å². The van der Waals surface area contributed by atoms with E-state index in [1.165, 1.54) is 0 Å². The number of nitrogens with one attached hydrogen (secondary N) is 2. The Morgan fingerprint density at radius 1 is 1.21 bits per heavy atom. The van der Waals surface area contributed by atoms with Gasteiger partial charge < -0.3 is 15.4 Å². The lowest BCUT2D eigenvalue weighted by Gasteiger charge is -2.27. The van der Waals surface area contributed by atoms with Gasteiger partial charge in [0, 0.05) is 23.7 Å². The van der Waals surface area contributed by atoms with Crippen LogP contribution in [0.5, 0.6) is 5.75 Å². The van der Waals surface area contributed by atoms with E-state index in [9.17, 15) is 4.79 Å². The summed E-state index contributed by atoms with van der Waals surface area (Å²) in [5, 5.41) is 7.05. The molecule has 126 valence electrons. The van der Waals surface area contributed by atoms with E-state index >= 15 is 0 Å². The molecule has 0 atom stereocenters. The van der Waals surface area contributed by atoms with E-state index in [2.05, 4.69) is 10.6 Å². The van der Waals surface area contributed by atoms with Crippen molar-refractivity contribution in [1.82, 2.24) is 10.6 Å². The third kappa shape index (κ3) is 3.55. The molecule has 1 aliphatic rings. The Morgan fingerprint density at radius 3 is 2.71 bits per heavy atom. The van der Waals surface area contributed by atoms with Gasteiger partial charge in [-0.3, -0.25) is 4.79 Å². The molecule has 1 amide bonds. The number of fused-ring (bicyclic) bond motifs is 1. The Labute approximate surface area is 147 Å². The predicted molar refractivity (Wildman–Crippen MR) is 95.6 cm³/mol. The maximum Gasteiger partial charge on any atom is 0.255 e. The SMILES string of the molecule is CC(C)(NC(=O)c1cccc2c1OCCNC2)c1ccc(Cl)cc1. The monoisotopic (exact) mass is 344 g/mol. The number of hydrogen-bond acceptors (Lipinski definition) is 3. The fraction of sp³-hybridized carbons (Fsp3) is 0.316. The molecule has 0 radical (unpaired) electrons. The molecular formula is C19H21ClN2O2. The molecule has 0 aliphatic carbocycles. The molecular weight excluding hydrogens is 324 g/mol. The zero-order chi connectivity index (χ0) is 17.2. The van der Waals surface area contributed by atoms with E-state index in [1.54, 1.807) is 6.07 Å². The molecule has 0 saturated heterocycles. The number of benzene rings is 2. The topological polar surface area (TPSA) is 50.4 Å². The molecule has 0 fully saturated rings. The Balaban J connectivity index is 1.86. The Morgan fingerprint density at radius 2 is 1.96 bits per heavy atom. The fourth-order valence-electron chi connectivity index (χ4n) is 2.81. The molecule has 1 heterocycles. The number of carbonyl (C=O) groups is 1. The summed E-state index contributed by atoms with van der Waals surface area (Å²) in [4.78, 5) is 12.8. The first kappa shape index (κ1) is 16.8. The first-order valence-corrected chi connectivity index (χ1v) is 8.39. The van der Waals surface area contributed by atoms with Gasteiger partial charge in [-0.2, -0.15) is 0 Å². The summed E-state index contributed by atoms with van der Waals surface area (Å²) in [6.07, 6.45) is 0. The average Bonchev–Trinajstić information content (AvgIpc) is 2.80. The largest absolute Gasteiger partial charge is 0.491 e. The van der Waals surface area contributed by atoms with Crippen LogP contribution >= 0.6 is 11.6 Å². The molecule has 2 aromatic rings. The quantitative estimate of drug-likeness (QED) is 0.896. The zero-order valence-corrected chi connectivity index (χ0v) is 14.6. The zero-order valence-electron chi connectivity index (χ0n) is 13.9. The molecule has 1 aliphatic heterocycles. The Kier molecular flexibility index (Phi) is 4.78. The molecule has 5 heteroatoms. The van der Waals surface area contributed by atoms with Crippen LogP contribution in [0, 0.1) is 0 Å². The number of hydrogen-bond donors (Lipinski definition) is 2. The normalized spacial score (nSPS) is 14.3. The highest BCUT2D eigenvalue weighted by molar-refractivity contribution is 6.30. The maximum atomic E-state index is 12.8. The fourth-order valence-corrected chi connectivity index (χ4v) is 2.94. The van der Waals surface area contributed by atoms with Crippen LogP contribution in [-0.4, -0.2) is 19.1 Å². The molecule has 4 nitrogen and oxygen atoms in total. The van der Waals surface area contributed by atoms with Gasteiger partial charge >= 0.3 is 0 Å². The van der Waals surface area contributed by atoms with Crippen molar-refractivity contribution in [3.8, 4) is 5.75 Å². The highest BCUT2D eigenvalue weighted by atomic mass is 35.5. The van der Waals surface area contributed by atoms with Gasteiger partial charge in [0.1, 0.15) is 12.4 Å². The summed E-state index contributed by atoms with van der Waals surface area (Å²) < 4.78 is 5.80. The van der Waals surface area contributed by atoms with Gasteiger partial charge in [0.05, 0.1) is 11.1 Å². The van der Waals surface area contributed by atoms with E-state index in [1.807, 2.05) is 50.2 Å². The van der Waals surface area contributed by atoms with Crippen molar-refractivity contribution in [2.45, 2.75) is 25.9 Å². The highest BCUT2D eigenvalue weighted by Crippen LogP contribution is 2.28. The van der Waals surface area contributed by atoms with Gasteiger partial charge in [-0.05, 0) is 37.6 Å². The van der Waals surface area contributed by atoms with Gasteiger partial charge in [0.15, 0.2) is 0 Å². The Hall–Kier alpha value is -2.04. The molecule has 2 aromatic carbocycles. The second-order valence-electron chi connectivity index (χ2n) is 6.41. The number of amides is 1. The van der Waals surface area contributed by atoms with Crippen LogP contribution in [0.1, 0.15) is 35.3 Å². The minimum absolute atomic E-state index is 0.145. The molecule has 3 rings (SSSR count). The van der Waals surface area contributed by atoms with Gasteiger partial charge in [-0.1, -0.05) is 35.9 Å². The minimum atomic E-state index is -0.520. The summed E-state index contributed by atoms with van der Waals surface area (Å²) in [6, 6.07) is 13.2. The molecule has 0 bridgehead atoms. The number of halogens is 1. The van der Waals surface area contributed by atoms with E-state index in [4.69, 9.17) is 16.3 Å². The molecule has 0 unspecified atom stereocenters. The van der Waals surface area contributed by atoms with Crippen molar-refractivity contribution in [3.05, 3.63) is 64.2 Å². The van der Waals surface area contributed by atoms with Crippen molar-refractivity contribution >= 4 is 17.5 Å². The first-order valence-electron chi connectivity index (χ1n) is 8.01. The molecule has 2 N–H and O–H groups in total. The third-order valence-corrected chi connectivity index (χ3v) is 4.43. The van der Waals surface area contributed by atoms with Crippen molar-refractivity contribution in [2.75, 3.05) is 13.2 Å². The summed E-state index contributed by atoms with van der Waals surface area (Å²) in [7, 11) is 0. The van der Waals surface area contributed by atoms with Gasteiger partial charge in [0.2, 0.25) is 0 Å². The number of ether oxygens (including phenoxy) is 1. The van der Waals surface area contributed by atoms with Gasteiger partial charge in [-0.25, -0.2) is 0 Å². The Bertz CT molecular complexity index is 742. The van der Waals surface area contributed by atoms with Crippen LogP contribution in [0.25, 0.3) is 0 Å². The van der Waals surface area contributed by atoms with Crippen LogP contribution in [-0.2, 0) is 12.1 Å². The smallest absolute Gasteiger partial charge is 0.255 e. The maximum absolute atomic E-state index is 12.8. The number of carbonyl (C=O) groups excluding carboxylic acids is 1. The van der Waals surface area contributed by atoms with Crippen LogP contribution in [0.4, 0.5) is 0 Å². The lowest BCUT2D eigenvalue weighted by atomic mass is 9.93. The average molecular weight is 345 g/mol. The summed E-state index contributed by atoms with van der Waals surface area (Å²) in [6.45, 7) is 5.97. The summed E-state index contributed by atoms with van der Waals surface area (Å²) in [5.74, 6) is 0.528. The van der Waals surface area contributed by atoms with Gasteiger partial charge in [0.25, 0.3) is 5.91 Å². The molecule has 0 spiro atoms.